The Bertz CT molecular complexity index is 637. The Morgan fingerprint density at radius 3 is 2.72 bits per heavy atom. The van der Waals surface area contributed by atoms with E-state index >= 15 is 0 Å². The molecule has 0 saturated heterocycles. The number of hydrogen-bond donors (Lipinski definition) is 1. The molecular weight excluding hydrogens is 255 g/mol. The summed E-state index contributed by atoms with van der Waals surface area (Å²) in [4.78, 5) is 18.5. The van der Waals surface area contributed by atoms with Crippen LogP contribution in [-0.4, -0.2) is 9.97 Å². The second-order valence-electron chi connectivity index (χ2n) is 4.28. The molecule has 0 amide bonds. The Morgan fingerprint density at radius 2 is 2.11 bits per heavy atom. The molecule has 0 bridgehead atoms. The first-order chi connectivity index (χ1) is 8.50. The minimum absolute atomic E-state index is 0.0151. The van der Waals surface area contributed by atoms with E-state index in [2.05, 4.69) is 9.97 Å². The lowest BCUT2D eigenvalue weighted by atomic mass is 9.98. The van der Waals surface area contributed by atoms with E-state index in [0.717, 1.165) is 0 Å². The van der Waals surface area contributed by atoms with Crippen molar-refractivity contribution in [2.75, 3.05) is 0 Å². The van der Waals surface area contributed by atoms with Gasteiger partial charge in [0.1, 0.15) is 5.82 Å². The Kier molecular flexibility index (Phi) is 3.48. The van der Waals surface area contributed by atoms with E-state index in [1.54, 1.807) is 6.07 Å². The van der Waals surface area contributed by atoms with Crippen LogP contribution in [0.15, 0.2) is 29.3 Å². The molecule has 1 aromatic carbocycles. The number of hydrogen-bond acceptors (Lipinski definition) is 2. The molecule has 0 atom stereocenters. The molecule has 2 rings (SSSR count). The molecule has 0 aliphatic carbocycles. The highest BCUT2D eigenvalue weighted by atomic mass is 35.5. The van der Waals surface area contributed by atoms with Gasteiger partial charge in [0.25, 0.3) is 5.56 Å². The van der Waals surface area contributed by atoms with Crippen LogP contribution >= 0.6 is 11.6 Å². The molecule has 0 radical (unpaired) electrons. The molecule has 1 N–H and O–H groups in total. The lowest BCUT2D eigenvalue weighted by Gasteiger charge is -2.10. The second kappa shape index (κ2) is 4.90. The normalized spacial score (nSPS) is 10.9. The van der Waals surface area contributed by atoms with Gasteiger partial charge in [-0.15, -0.1) is 0 Å². The van der Waals surface area contributed by atoms with Crippen LogP contribution in [0.2, 0.25) is 5.02 Å². The van der Waals surface area contributed by atoms with E-state index in [9.17, 15) is 9.18 Å². The van der Waals surface area contributed by atoms with Crippen LogP contribution in [0, 0.1) is 5.82 Å². The number of nitrogens with one attached hydrogen (secondary N) is 1. The fourth-order valence-corrected chi connectivity index (χ4v) is 2.00. The first kappa shape index (κ1) is 12.8. The van der Waals surface area contributed by atoms with Gasteiger partial charge in [0, 0.05) is 11.1 Å². The topological polar surface area (TPSA) is 45.8 Å². The maximum Gasteiger partial charge on any atom is 0.254 e. The van der Waals surface area contributed by atoms with E-state index in [1.165, 1.54) is 18.5 Å². The minimum Gasteiger partial charge on any atom is -0.313 e. The van der Waals surface area contributed by atoms with Crippen LogP contribution in [0.4, 0.5) is 4.39 Å². The summed E-state index contributed by atoms with van der Waals surface area (Å²) in [6.07, 6.45) is 1.33. The van der Waals surface area contributed by atoms with Crippen LogP contribution in [0.5, 0.6) is 0 Å². The molecule has 1 heterocycles. The summed E-state index contributed by atoms with van der Waals surface area (Å²) in [5, 5.41) is 0.0179. The van der Waals surface area contributed by atoms with Crippen LogP contribution in [0.1, 0.15) is 25.3 Å². The van der Waals surface area contributed by atoms with E-state index in [0.29, 0.717) is 16.8 Å². The van der Waals surface area contributed by atoms with Crippen molar-refractivity contribution in [2.45, 2.75) is 19.8 Å². The van der Waals surface area contributed by atoms with Gasteiger partial charge in [0.05, 0.1) is 17.0 Å². The van der Waals surface area contributed by atoms with Crippen molar-refractivity contribution in [3.05, 3.63) is 51.3 Å². The Labute approximate surface area is 109 Å². The number of rotatable bonds is 2. The molecule has 0 spiro atoms. The van der Waals surface area contributed by atoms with Gasteiger partial charge in [0.2, 0.25) is 0 Å². The molecule has 0 saturated carbocycles. The van der Waals surface area contributed by atoms with Gasteiger partial charge in [-0.25, -0.2) is 9.37 Å². The Hall–Kier alpha value is -1.68. The van der Waals surface area contributed by atoms with E-state index in [4.69, 9.17) is 11.6 Å². The van der Waals surface area contributed by atoms with Crippen LogP contribution in [-0.2, 0) is 0 Å². The summed E-state index contributed by atoms with van der Waals surface area (Å²) in [7, 11) is 0. The molecule has 0 aliphatic rings. The van der Waals surface area contributed by atoms with Gasteiger partial charge >= 0.3 is 0 Å². The fraction of sp³-hybridized carbons (Fsp3) is 0.231. The third kappa shape index (κ3) is 2.29. The fourth-order valence-electron chi connectivity index (χ4n) is 1.82. The maximum atomic E-state index is 13.1. The van der Waals surface area contributed by atoms with Gasteiger partial charge in [-0.1, -0.05) is 25.4 Å². The molecule has 5 heteroatoms. The monoisotopic (exact) mass is 266 g/mol. The highest BCUT2D eigenvalue weighted by Gasteiger charge is 2.15. The van der Waals surface area contributed by atoms with Gasteiger partial charge < -0.3 is 4.98 Å². The van der Waals surface area contributed by atoms with Crippen LogP contribution in [0.3, 0.4) is 0 Å². The zero-order chi connectivity index (χ0) is 13.3. The second-order valence-corrected chi connectivity index (χ2v) is 4.68. The van der Waals surface area contributed by atoms with Gasteiger partial charge in [-0.3, -0.25) is 4.79 Å². The summed E-state index contributed by atoms with van der Waals surface area (Å²) in [6.45, 7) is 3.81. The summed E-state index contributed by atoms with van der Waals surface area (Å²) in [5.74, 6) is -0.474. The summed E-state index contributed by atoms with van der Waals surface area (Å²) in [5.41, 5.74) is 1.56. The molecule has 3 nitrogen and oxygen atoms in total. The number of aromatic amines is 1. The third-order valence-electron chi connectivity index (χ3n) is 2.66. The molecule has 0 unspecified atom stereocenters. The van der Waals surface area contributed by atoms with Gasteiger partial charge in [-0.05, 0) is 24.1 Å². The lowest BCUT2D eigenvalue weighted by Crippen LogP contribution is -2.16. The van der Waals surface area contributed by atoms with E-state index in [-0.39, 0.29) is 16.5 Å². The SMILES string of the molecule is CC(C)c1c(-c2ccc(F)c(Cl)c2)nc[nH]c1=O. The van der Waals surface area contributed by atoms with E-state index in [1.807, 2.05) is 13.8 Å². The average molecular weight is 267 g/mol. The average Bonchev–Trinajstić information content (AvgIpc) is 2.32. The van der Waals surface area contributed by atoms with Crippen molar-refractivity contribution in [1.82, 2.24) is 9.97 Å². The number of benzene rings is 1. The van der Waals surface area contributed by atoms with Crippen molar-refractivity contribution in [1.29, 1.82) is 0 Å². The zero-order valence-electron chi connectivity index (χ0n) is 10.00. The summed E-state index contributed by atoms with van der Waals surface area (Å²) < 4.78 is 13.1. The van der Waals surface area contributed by atoms with Crippen molar-refractivity contribution in [3.8, 4) is 11.3 Å². The molecule has 1 aromatic heterocycles. The molecule has 0 aliphatic heterocycles. The molecular formula is C13H12ClFN2O. The molecule has 18 heavy (non-hydrogen) atoms. The number of aromatic nitrogens is 2. The Balaban J connectivity index is 2.67. The maximum absolute atomic E-state index is 13.1. The van der Waals surface area contributed by atoms with Crippen molar-refractivity contribution in [3.63, 3.8) is 0 Å². The molecule has 0 fully saturated rings. The highest BCUT2D eigenvalue weighted by molar-refractivity contribution is 6.31. The van der Waals surface area contributed by atoms with Crippen molar-refractivity contribution in [2.24, 2.45) is 0 Å². The van der Waals surface area contributed by atoms with Gasteiger partial charge in [0.15, 0.2) is 0 Å². The first-order valence-corrected chi connectivity index (χ1v) is 5.91. The summed E-state index contributed by atoms with van der Waals surface area (Å²) >= 11 is 5.75. The number of halogens is 2. The Morgan fingerprint density at radius 1 is 1.39 bits per heavy atom. The lowest BCUT2D eigenvalue weighted by molar-refractivity contribution is 0.628. The van der Waals surface area contributed by atoms with Crippen LogP contribution < -0.4 is 5.56 Å². The first-order valence-electron chi connectivity index (χ1n) is 5.53. The summed E-state index contributed by atoms with van der Waals surface area (Å²) in [6, 6.07) is 4.31. The number of H-pyrrole nitrogens is 1. The predicted octanol–water partition coefficient (Wildman–Crippen LogP) is 3.35. The number of nitrogens with zero attached hydrogens (tertiary/aromatic N) is 1. The smallest absolute Gasteiger partial charge is 0.254 e. The molecule has 94 valence electrons. The quantitative estimate of drug-likeness (QED) is 0.906. The minimum atomic E-state index is -0.489. The van der Waals surface area contributed by atoms with Gasteiger partial charge in [-0.2, -0.15) is 0 Å². The largest absolute Gasteiger partial charge is 0.313 e. The predicted molar refractivity (Wildman–Crippen MR) is 69.4 cm³/mol. The third-order valence-corrected chi connectivity index (χ3v) is 2.95. The van der Waals surface area contributed by atoms with Crippen molar-refractivity contribution >= 4 is 11.6 Å². The van der Waals surface area contributed by atoms with E-state index < -0.39 is 5.82 Å². The molecule has 2 aromatic rings. The standard InChI is InChI=1S/C13H12ClFN2O/c1-7(2)11-12(16-6-17-13(11)18)8-3-4-10(15)9(14)5-8/h3-7H,1-2H3,(H,16,17,18). The van der Waals surface area contributed by atoms with Crippen molar-refractivity contribution < 1.29 is 4.39 Å². The highest BCUT2D eigenvalue weighted by Crippen LogP contribution is 2.27. The zero-order valence-corrected chi connectivity index (χ0v) is 10.8. The van der Waals surface area contributed by atoms with Crippen LogP contribution in [0.25, 0.3) is 11.3 Å².